The molecule has 1 aliphatic heterocycles. The fourth-order valence-electron chi connectivity index (χ4n) is 4.03. The molecule has 1 heterocycles. The predicted octanol–water partition coefficient (Wildman–Crippen LogP) is 4.71. The molecular formula is C27H26N2O4. The van der Waals surface area contributed by atoms with Gasteiger partial charge in [-0.3, -0.25) is 14.5 Å². The Hall–Kier alpha value is -4.06. The van der Waals surface area contributed by atoms with Crippen molar-refractivity contribution >= 4 is 23.1 Å². The van der Waals surface area contributed by atoms with Crippen molar-refractivity contribution in [3.8, 4) is 11.5 Å². The fourth-order valence-corrected chi connectivity index (χ4v) is 4.03. The quantitative estimate of drug-likeness (QED) is 0.537. The van der Waals surface area contributed by atoms with Crippen LogP contribution in [0.3, 0.4) is 0 Å². The maximum absolute atomic E-state index is 13.6. The Labute approximate surface area is 193 Å². The second-order valence-electron chi connectivity index (χ2n) is 7.93. The molecule has 0 saturated heterocycles. The van der Waals surface area contributed by atoms with Gasteiger partial charge in [-0.2, -0.15) is 0 Å². The Morgan fingerprint density at radius 1 is 0.848 bits per heavy atom. The third kappa shape index (κ3) is 4.32. The Morgan fingerprint density at radius 2 is 1.64 bits per heavy atom. The van der Waals surface area contributed by atoms with Gasteiger partial charge in [-0.1, -0.05) is 48.0 Å². The Morgan fingerprint density at radius 3 is 2.36 bits per heavy atom. The topological polar surface area (TPSA) is 67.9 Å². The van der Waals surface area contributed by atoms with Crippen LogP contribution in [0.25, 0.3) is 5.57 Å². The van der Waals surface area contributed by atoms with E-state index in [0.29, 0.717) is 22.8 Å². The van der Waals surface area contributed by atoms with Crippen LogP contribution in [-0.2, 0) is 16.1 Å². The Kier molecular flexibility index (Phi) is 6.18. The molecule has 168 valence electrons. The molecule has 0 atom stereocenters. The summed E-state index contributed by atoms with van der Waals surface area (Å²) >= 11 is 0. The van der Waals surface area contributed by atoms with Crippen molar-refractivity contribution in [1.29, 1.82) is 0 Å². The van der Waals surface area contributed by atoms with Crippen LogP contribution >= 0.6 is 0 Å². The molecule has 6 nitrogen and oxygen atoms in total. The van der Waals surface area contributed by atoms with Crippen molar-refractivity contribution < 1.29 is 19.1 Å². The van der Waals surface area contributed by atoms with Crippen molar-refractivity contribution in [1.82, 2.24) is 4.90 Å². The van der Waals surface area contributed by atoms with Gasteiger partial charge in [-0.15, -0.1) is 0 Å². The maximum Gasteiger partial charge on any atom is 0.278 e. The van der Waals surface area contributed by atoms with Gasteiger partial charge >= 0.3 is 0 Å². The Bertz CT molecular complexity index is 1260. The van der Waals surface area contributed by atoms with Gasteiger partial charge < -0.3 is 14.8 Å². The number of aryl methyl sites for hydroxylation is 2. The summed E-state index contributed by atoms with van der Waals surface area (Å²) < 4.78 is 10.7. The lowest BCUT2D eigenvalue weighted by Crippen LogP contribution is -2.32. The summed E-state index contributed by atoms with van der Waals surface area (Å²) in [4.78, 5) is 28.4. The number of rotatable bonds is 7. The highest BCUT2D eigenvalue weighted by atomic mass is 16.5. The van der Waals surface area contributed by atoms with Gasteiger partial charge in [0, 0.05) is 17.3 Å². The number of nitrogens with zero attached hydrogens (tertiary/aromatic N) is 1. The van der Waals surface area contributed by atoms with Crippen LogP contribution in [0.5, 0.6) is 11.5 Å². The number of para-hydroxylation sites is 1. The summed E-state index contributed by atoms with van der Waals surface area (Å²) in [6.45, 7) is 4.05. The number of benzene rings is 3. The van der Waals surface area contributed by atoms with Crippen LogP contribution < -0.4 is 14.8 Å². The van der Waals surface area contributed by atoms with Crippen LogP contribution in [0, 0.1) is 13.8 Å². The molecule has 0 saturated carbocycles. The zero-order chi connectivity index (χ0) is 23.5. The SMILES string of the molecule is COc1cccc(NC2=C(c3ccc(C)cc3C)C(=O)N(Cc3ccccc3OC)C2=O)c1. The van der Waals surface area contributed by atoms with Crippen molar-refractivity contribution in [3.05, 3.63) is 94.7 Å². The highest BCUT2D eigenvalue weighted by Crippen LogP contribution is 2.34. The van der Waals surface area contributed by atoms with E-state index < -0.39 is 0 Å². The molecule has 1 aliphatic rings. The van der Waals surface area contributed by atoms with E-state index >= 15 is 0 Å². The minimum atomic E-state index is -0.385. The molecule has 0 aromatic heterocycles. The first-order valence-corrected chi connectivity index (χ1v) is 10.6. The number of nitrogens with one attached hydrogen (secondary N) is 1. The van der Waals surface area contributed by atoms with E-state index in [9.17, 15) is 9.59 Å². The van der Waals surface area contributed by atoms with E-state index in [0.717, 1.165) is 22.3 Å². The molecule has 33 heavy (non-hydrogen) atoms. The van der Waals surface area contributed by atoms with E-state index in [4.69, 9.17) is 9.47 Å². The van der Waals surface area contributed by atoms with Gasteiger partial charge in [0.2, 0.25) is 0 Å². The highest BCUT2D eigenvalue weighted by Gasteiger charge is 2.40. The summed E-state index contributed by atoms with van der Waals surface area (Å²) in [6, 6.07) is 20.5. The van der Waals surface area contributed by atoms with Crippen molar-refractivity contribution in [2.75, 3.05) is 19.5 Å². The number of carbonyl (C=O) groups is 2. The van der Waals surface area contributed by atoms with Crippen molar-refractivity contribution in [2.45, 2.75) is 20.4 Å². The third-order valence-electron chi connectivity index (χ3n) is 5.68. The lowest BCUT2D eigenvalue weighted by molar-refractivity contribution is -0.137. The smallest absolute Gasteiger partial charge is 0.278 e. The summed E-state index contributed by atoms with van der Waals surface area (Å²) in [6.07, 6.45) is 0. The van der Waals surface area contributed by atoms with Crippen LogP contribution in [0.15, 0.2) is 72.4 Å². The normalized spacial score (nSPS) is 13.5. The van der Waals surface area contributed by atoms with E-state index in [1.165, 1.54) is 4.90 Å². The van der Waals surface area contributed by atoms with E-state index in [1.807, 2.05) is 74.5 Å². The summed E-state index contributed by atoms with van der Waals surface area (Å²) in [5.74, 6) is 0.545. The molecule has 6 heteroatoms. The first-order valence-electron chi connectivity index (χ1n) is 10.6. The van der Waals surface area contributed by atoms with Crippen LogP contribution in [0.2, 0.25) is 0 Å². The van der Waals surface area contributed by atoms with E-state index in [-0.39, 0.29) is 24.1 Å². The van der Waals surface area contributed by atoms with Gasteiger partial charge in [-0.05, 0) is 43.2 Å². The number of amides is 2. The zero-order valence-electron chi connectivity index (χ0n) is 19.1. The number of hydrogen-bond acceptors (Lipinski definition) is 5. The maximum atomic E-state index is 13.6. The lowest BCUT2D eigenvalue weighted by Gasteiger charge is -2.17. The molecule has 0 spiro atoms. The largest absolute Gasteiger partial charge is 0.497 e. The second kappa shape index (κ2) is 9.20. The van der Waals surface area contributed by atoms with Gasteiger partial charge in [0.25, 0.3) is 11.8 Å². The number of methoxy groups -OCH3 is 2. The molecular weight excluding hydrogens is 416 g/mol. The molecule has 0 unspecified atom stereocenters. The summed E-state index contributed by atoms with van der Waals surface area (Å²) in [5, 5.41) is 3.19. The average molecular weight is 443 g/mol. The fraction of sp³-hybridized carbons (Fsp3) is 0.185. The first kappa shape index (κ1) is 22.1. The number of imide groups is 1. The minimum absolute atomic E-state index is 0.110. The van der Waals surface area contributed by atoms with Crippen molar-refractivity contribution in [3.63, 3.8) is 0 Å². The highest BCUT2D eigenvalue weighted by molar-refractivity contribution is 6.36. The minimum Gasteiger partial charge on any atom is -0.497 e. The number of ether oxygens (including phenoxy) is 2. The zero-order valence-corrected chi connectivity index (χ0v) is 19.1. The lowest BCUT2D eigenvalue weighted by atomic mass is 9.97. The van der Waals surface area contributed by atoms with Gasteiger partial charge in [0.05, 0.1) is 26.3 Å². The van der Waals surface area contributed by atoms with Gasteiger partial charge in [-0.25, -0.2) is 0 Å². The van der Waals surface area contributed by atoms with Gasteiger partial charge in [0.15, 0.2) is 0 Å². The average Bonchev–Trinajstić information content (AvgIpc) is 3.04. The predicted molar refractivity (Wildman–Crippen MR) is 128 cm³/mol. The monoisotopic (exact) mass is 442 g/mol. The van der Waals surface area contributed by atoms with Crippen LogP contribution in [0.1, 0.15) is 22.3 Å². The molecule has 4 rings (SSSR count). The number of hydrogen-bond donors (Lipinski definition) is 1. The molecule has 0 bridgehead atoms. The van der Waals surface area contributed by atoms with Crippen molar-refractivity contribution in [2.24, 2.45) is 0 Å². The van der Waals surface area contributed by atoms with Gasteiger partial charge in [0.1, 0.15) is 17.2 Å². The number of anilines is 1. The number of carbonyl (C=O) groups excluding carboxylic acids is 2. The molecule has 0 fully saturated rings. The first-order chi connectivity index (χ1) is 15.9. The summed E-state index contributed by atoms with van der Waals surface area (Å²) in [7, 11) is 3.15. The molecule has 2 amide bonds. The standard InChI is InChI=1S/C27H26N2O4/c1-17-12-13-22(18(2)14-17)24-25(28-20-9-7-10-21(15-20)32-3)27(31)29(26(24)30)16-19-8-5-6-11-23(19)33-4/h5-15,28H,16H2,1-4H3. The third-order valence-corrected chi connectivity index (χ3v) is 5.68. The van der Waals surface area contributed by atoms with Crippen LogP contribution in [0.4, 0.5) is 5.69 Å². The van der Waals surface area contributed by atoms with Crippen LogP contribution in [-0.4, -0.2) is 30.9 Å². The Balaban J connectivity index is 1.78. The second-order valence-corrected chi connectivity index (χ2v) is 7.93. The van der Waals surface area contributed by atoms with E-state index in [2.05, 4.69) is 5.32 Å². The summed E-state index contributed by atoms with van der Waals surface area (Å²) in [5.41, 5.74) is 4.76. The van der Waals surface area contributed by atoms with E-state index in [1.54, 1.807) is 20.3 Å². The molecule has 1 N–H and O–H groups in total. The molecule has 0 radical (unpaired) electrons. The molecule has 0 aliphatic carbocycles. The molecule has 3 aromatic rings. The molecule has 3 aromatic carbocycles.